The quantitative estimate of drug-likeness (QED) is 0.113. The number of aromatic nitrogens is 2. The van der Waals surface area contributed by atoms with Crippen LogP contribution in [0.3, 0.4) is 0 Å². The summed E-state index contributed by atoms with van der Waals surface area (Å²) in [5.74, 6) is -0.739. The second kappa shape index (κ2) is 14.2. The average molecular weight is 566 g/mol. The van der Waals surface area contributed by atoms with Crippen LogP contribution in [0, 0.1) is 6.92 Å². The Hall–Kier alpha value is -4.85. The van der Waals surface area contributed by atoms with E-state index in [9.17, 15) is 14.7 Å². The average Bonchev–Trinajstić information content (AvgIpc) is 2.99. The van der Waals surface area contributed by atoms with Gasteiger partial charge in [-0.25, -0.2) is 14.6 Å². The van der Waals surface area contributed by atoms with Crippen molar-refractivity contribution in [3.05, 3.63) is 113 Å². The van der Waals surface area contributed by atoms with Gasteiger partial charge in [0, 0.05) is 30.0 Å². The number of hydrogen-bond acceptors (Lipinski definition) is 7. The zero-order valence-electron chi connectivity index (χ0n) is 24.3. The number of hydrogen-bond donors (Lipinski definition) is 1. The largest absolute Gasteiger partial charge is 0.478 e. The van der Waals surface area contributed by atoms with E-state index >= 15 is 0 Å². The first kappa shape index (κ1) is 30.1. The molecule has 1 N–H and O–H groups in total. The molecule has 0 aliphatic carbocycles. The molecule has 4 rings (SSSR count). The molecule has 0 aliphatic heterocycles. The number of aliphatic carboxylic acids is 1. The van der Waals surface area contributed by atoms with Crippen LogP contribution in [-0.4, -0.2) is 32.7 Å². The molecule has 0 bridgehead atoms. The summed E-state index contributed by atoms with van der Waals surface area (Å²) in [5, 5.41) is 14.0. The van der Waals surface area contributed by atoms with Crippen LogP contribution in [0.25, 0.3) is 11.1 Å². The second-order valence-corrected chi connectivity index (χ2v) is 10.0. The summed E-state index contributed by atoms with van der Waals surface area (Å²) in [6, 6.07) is 24.8. The Kier molecular flexibility index (Phi) is 10.2. The first-order valence-corrected chi connectivity index (χ1v) is 14.0. The molecule has 42 heavy (non-hydrogen) atoms. The van der Waals surface area contributed by atoms with Crippen LogP contribution in [-0.2, 0) is 27.3 Å². The predicted octanol–water partition coefficient (Wildman–Crippen LogP) is 6.88. The number of nitrogens with zero attached hydrogens (tertiary/aromatic N) is 3. The van der Waals surface area contributed by atoms with Crippen molar-refractivity contribution in [2.24, 2.45) is 5.16 Å². The number of ether oxygens (including phenoxy) is 1. The second-order valence-electron chi connectivity index (χ2n) is 10.0. The van der Waals surface area contributed by atoms with Gasteiger partial charge < -0.3 is 14.7 Å². The van der Waals surface area contributed by atoms with Gasteiger partial charge in [-0.2, -0.15) is 4.98 Å². The van der Waals surface area contributed by atoms with E-state index in [-0.39, 0.29) is 5.88 Å². The number of unbranched alkanes of at least 4 members (excludes halogenated alkanes) is 1. The molecular weight excluding hydrogens is 530 g/mol. The van der Waals surface area contributed by atoms with Gasteiger partial charge in [0.05, 0.1) is 11.4 Å². The van der Waals surface area contributed by atoms with Crippen molar-refractivity contribution in [1.29, 1.82) is 0 Å². The SMILES string of the molecule is CCCCc1nc(C)nc(OC(C(=O)O)c2ccccc2)c1Cc1ccc(-c2ccccc2/C(C)=N/OC(C)=O)cc1. The topological polar surface area (TPSA) is 111 Å². The van der Waals surface area contributed by atoms with Crippen molar-refractivity contribution < 1.29 is 24.3 Å². The Morgan fingerprint density at radius 3 is 2.29 bits per heavy atom. The van der Waals surface area contributed by atoms with Crippen LogP contribution in [0.15, 0.2) is 84.0 Å². The molecule has 0 amide bonds. The lowest BCUT2D eigenvalue weighted by molar-refractivity contribution is -0.145. The highest BCUT2D eigenvalue weighted by molar-refractivity contribution is 6.04. The number of carbonyl (C=O) groups is 2. The van der Waals surface area contributed by atoms with Crippen molar-refractivity contribution in [1.82, 2.24) is 9.97 Å². The molecule has 8 nitrogen and oxygen atoms in total. The number of rotatable bonds is 12. The minimum atomic E-state index is -1.20. The fourth-order valence-corrected chi connectivity index (χ4v) is 4.69. The molecule has 0 aliphatic rings. The minimum Gasteiger partial charge on any atom is -0.478 e. The van der Waals surface area contributed by atoms with Gasteiger partial charge in [-0.1, -0.05) is 97.4 Å². The van der Waals surface area contributed by atoms with Gasteiger partial charge in [0.2, 0.25) is 12.0 Å². The smallest absolute Gasteiger partial charge is 0.349 e. The van der Waals surface area contributed by atoms with Gasteiger partial charge in [-0.05, 0) is 43.4 Å². The maximum absolute atomic E-state index is 12.2. The van der Waals surface area contributed by atoms with Crippen LogP contribution in [0.1, 0.15) is 73.5 Å². The van der Waals surface area contributed by atoms with Crippen LogP contribution in [0.4, 0.5) is 0 Å². The summed E-state index contributed by atoms with van der Waals surface area (Å²) in [7, 11) is 0. The normalized spacial score (nSPS) is 12.0. The molecule has 1 unspecified atom stereocenters. The van der Waals surface area contributed by atoms with Crippen molar-refractivity contribution in [3.63, 3.8) is 0 Å². The molecule has 0 saturated heterocycles. The van der Waals surface area contributed by atoms with Crippen LogP contribution < -0.4 is 4.74 Å². The minimum absolute atomic E-state index is 0.289. The predicted molar refractivity (Wildman–Crippen MR) is 161 cm³/mol. The van der Waals surface area contributed by atoms with E-state index in [1.807, 2.05) is 54.6 Å². The summed E-state index contributed by atoms with van der Waals surface area (Å²) in [6.07, 6.45) is 1.95. The van der Waals surface area contributed by atoms with Crippen LogP contribution >= 0.6 is 0 Å². The number of aryl methyl sites for hydroxylation is 2. The Bertz CT molecular complexity index is 1570. The van der Waals surface area contributed by atoms with E-state index in [2.05, 4.69) is 17.1 Å². The molecular formula is C34H35N3O5. The lowest BCUT2D eigenvalue weighted by Gasteiger charge is -2.20. The highest BCUT2D eigenvalue weighted by atomic mass is 16.7. The van der Waals surface area contributed by atoms with Gasteiger partial charge in [0.1, 0.15) is 5.82 Å². The van der Waals surface area contributed by atoms with Crippen molar-refractivity contribution in [2.75, 3.05) is 0 Å². The highest BCUT2D eigenvalue weighted by Crippen LogP contribution is 2.30. The molecule has 216 valence electrons. The monoisotopic (exact) mass is 565 g/mol. The fraction of sp³-hybridized carbons (Fsp3) is 0.265. The zero-order chi connectivity index (χ0) is 30.1. The zero-order valence-corrected chi connectivity index (χ0v) is 24.3. The van der Waals surface area contributed by atoms with Gasteiger partial charge in [-0.15, -0.1) is 0 Å². The first-order chi connectivity index (χ1) is 20.3. The van der Waals surface area contributed by atoms with Gasteiger partial charge in [-0.3, -0.25) is 0 Å². The molecule has 1 aromatic heterocycles. The maximum Gasteiger partial charge on any atom is 0.349 e. The van der Waals surface area contributed by atoms with E-state index in [1.54, 1.807) is 38.1 Å². The third-order valence-electron chi connectivity index (χ3n) is 6.76. The molecule has 0 spiro atoms. The molecule has 4 aromatic rings. The Morgan fingerprint density at radius 2 is 1.62 bits per heavy atom. The third-order valence-corrected chi connectivity index (χ3v) is 6.76. The molecule has 8 heteroatoms. The van der Waals surface area contributed by atoms with Crippen molar-refractivity contribution >= 4 is 17.7 Å². The molecule has 0 fully saturated rings. The standard InChI is InChI=1S/C34H35N3O5/c1-5-6-16-31-30(33(36-23(3)35-31)41-32(34(39)40)27-12-8-7-9-13-27)21-25-17-19-26(20-18-25)29-15-11-10-14-28(29)22(2)37-42-24(4)38/h7-15,17-20,32H,5-6,16,21H2,1-4H3,(H,39,40)/b37-22+. The van der Waals surface area contributed by atoms with Crippen LogP contribution in [0.2, 0.25) is 0 Å². The number of carbonyl (C=O) groups excluding carboxylic acids is 1. The van der Waals surface area contributed by atoms with Gasteiger partial charge in [0.25, 0.3) is 0 Å². The molecule has 0 saturated carbocycles. The number of carboxylic acid groups (broad SMARTS) is 1. The maximum atomic E-state index is 12.2. The Morgan fingerprint density at radius 1 is 0.929 bits per heavy atom. The summed E-state index contributed by atoms with van der Waals surface area (Å²) in [5.41, 5.74) is 6.57. The van der Waals surface area contributed by atoms with E-state index in [1.165, 1.54) is 6.92 Å². The number of oxime groups is 1. The first-order valence-electron chi connectivity index (χ1n) is 14.0. The summed E-state index contributed by atoms with van der Waals surface area (Å²) >= 11 is 0. The lowest BCUT2D eigenvalue weighted by Crippen LogP contribution is -2.20. The number of carboxylic acids is 1. The van der Waals surface area contributed by atoms with E-state index in [0.29, 0.717) is 23.5 Å². The molecule has 1 atom stereocenters. The van der Waals surface area contributed by atoms with Crippen molar-refractivity contribution in [2.45, 2.75) is 59.5 Å². The summed E-state index contributed by atoms with van der Waals surface area (Å²) in [6.45, 7) is 7.03. The van der Waals surface area contributed by atoms with E-state index in [0.717, 1.165) is 52.8 Å². The highest BCUT2D eigenvalue weighted by Gasteiger charge is 2.25. The van der Waals surface area contributed by atoms with E-state index in [4.69, 9.17) is 14.6 Å². The third kappa shape index (κ3) is 7.66. The summed E-state index contributed by atoms with van der Waals surface area (Å²) in [4.78, 5) is 37.6. The summed E-state index contributed by atoms with van der Waals surface area (Å²) < 4.78 is 6.14. The van der Waals surface area contributed by atoms with Crippen molar-refractivity contribution in [3.8, 4) is 17.0 Å². The van der Waals surface area contributed by atoms with E-state index < -0.39 is 18.0 Å². The molecule has 1 heterocycles. The Balaban J connectivity index is 1.68. The lowest BCUT2D eigenvalue weighted by atomic mass is 9.95. The van der Waals surface area contributed by atoms with Crippen LogP contribution in [0.5, 0.6) is 5.88 Å². The molecule has 0 radical (unpaired) electrons. The Labute approximate surface area is 246 Å². The van der Waals surface area contributed by atoms with Gasteiger partial charge >= 0.3 is 11.9 Å². The number of benzene rings is 3. The molecule has 3 aromatic carbocycles. The van der Waals surface area contributed by atoms with Gasteiger partial charge in [0.15, 0.2) is 0 Å². The fourth-order valence-electron chi connectivity index (χ4n) is 4.69.